The number of benzene rings is 1. The van der Waals surface area contributed by atoms with E-state index in [1.54, 1.807) is 6.07 Å². The van der Waals surface area contributed by atoms with Crippen LogP contribution in [0.3, 0.4) is 0 Å². The topological polar surface area (TPSA) is 63.3 Å². The van der Waals surface area contributed by atoms with Gasteiger partial charge in [0.15, 0.2) is 11.5 Å². The summed E-state index contributed by atoms with van der Waals surface area (Å²) in [6.45, 7) is 4.11. The van der Waals surface area contributed by atoms with Crippen LogP contribution >= 0.6 is 11.6 Å². The number of hydrogen-bond acceptors (Lipinski definition) is 3. The van der Waals surface area contributed by atoms with Crippen LogP contribution in [0.25, 0.3) is 11.3 Å². The highest BCUT2D eigenvalue weighted by atomic mass is 35.5. The molecule has 5 heteroatoms. The molecule has 0 aliphatic heterocycles. The van der Waals surface area contributed by atoms with Crippen molar-refractivity contribution in [3.8, 4) is 11.3 Å². The van der Waals surface area contributed by atoms with Crippen molar-refractivity contribution in [1.29, 1.82) is 0 Å². The van der Waals surface area contributed by atoms with Crippen LogP contribution in [0.2, 0.25) is 5.02 Å². The Balaban J connectivity index is 2.39. The van der Waals surface area contributed by atoms with Crippen LogP contribution in [-0.4, -0.2) is 16.2 Å². The molecule has 1 N–H and O–H groups in total. The number of carboxylic acids is 1. The summed E-state index contributed by atoms with van der Waals surface area (Å²) in [6, 6.07) is 6.88. The third-order valence-corrected chi connectivity index (χ3v) is 2.96. The van der Waals surface area contributed by atoms with Crippen LogP contribution in [0.15, 0.2) is 28.8 Å². The molecule has 1 aromatic carbocycles. The van der Waals surface area contributed by atoms with Crippen LogP contribution < -0.4 is 0 Å². The van der Waals surface area contributed by atoms with E-state index in [0.717, 1.165) is 5.56 Å². The van der Waals surface area contributed by atoms with Crippen molar-refractivity contribution in [2.24, 2.45) is 0 Å². The van der Waals surface area contributed by atoms with Gasteiger partial charge in [-0.3, -0.25) is 0 Å². The van der Waals surface area contributed by atoms with Crippen LogP contribution in [0.1, 0.15) is 35.8 Å². The van der Waals surface area contributed by atoms with Gasteiger partial charge in [0, 0.05) is 16.7 Å². The van der Waals surface area contributed by atoms with Crippen molar-refractivity contribution in [2.75, 3.05) is 0 Å². The van der Waals surface area contributed by atoms with Gasteiger partial charge in [0.1, 0.15) is 0 Å². The smallest absolute Gasteiger partial charge is 0.358 e. The Morgan fingerprint density at radius 1 is 1.39 bits per heavy atom. The second kappa shape index (κ2) is 4.82. The lowest BCUT2D eigenvalue weighted by Gasteiger charge is -2.08. The maximum atomic E-state index is 10.7. The number of carbonyl (C=O) groups is 1. The Labute approximate surface area is 109 Å². The predicted octanol–water partition coefficient (Wildman–Crippen LogP) is 3.82. The van der Waals surface area contributed by atoms with E-state index < -0.39 is 5.97 Å². The lowest BCUT2D eigenvalue weighted by atomic mass is 10.0. The fourth-order valence-corrected chi connectivity index (χ4v) is 2.06. The minimum Gasteiger partial charge on any atom is -0.476 e. The Kier molecular flexibility index (Phi) is 3.39. The average Bonchev–Trinajstić information content (AvgIpc) is 2.77. The summed E-state index contributed by atoms with van der Waals surface area (Å²) in [4.78, 5) is 10.7. The summed E-state index contributed by atoms with van der Waals surface area (Å²) in [6.07, 6.45) is 0. The van der Waals surface area contributed by atoms with Crippen LogP contribution in [0, 0.1) is 0 Å². The summed E-state index contributed by atoms with van der Waals surface area (Å²) in [5.41, 5.74) is 1.64. The second-order valence-electron chi connectivity index (χ2n) is 4.27. The van der Waals surface area contributed by atoms with Gasteiger partial charge in [-0.25, -0.2) is 4.79 Å². The molecule has 2 rings (SSSR count). The van der Waals surface area contributed by atoms with Crippen molar-refractivity contribution >= 4 is 17.6 Å². The summed E-state index contributed by atoms with van der Waals surface area (Å²) in [5, 5.41) is 12.9. The molecule has 0 amide bonds. The molecule has 4 nitrogen and oxygen atoms in total. The van der Waals surface area contributed by atoms with Crippen LogP contribution in [0.4, 0.5) is 0 Å². The van der Waals surface area contributed by atoms with Gasteiger partial charge < -0.3 is 9.63 Å². The zero-order chi connectivity index (χ0) is 13.3. The third kappa shape index (κ3) is 2.38. The maximum absolute atomic E-state index is 10.7. The molecule has 0 fully saturated rings. The lowest BCUT2D eigenvalue weighted by molar-refractivity contribution is 0.0686. The van der Waals surface area contributed by atoms with Gasteiger partial charge in [0.2, 0.25) is 0 Å². The molecular weight excluding hydrogens is 254 g/mol. The van der Waals surface area contributed by atoms with E-state index in [0.29, 0.717) is 22.3 Å². The van der Waals surface area contributed by atoms with Crippen molar-refractivity contribution in [3.05, 3.63) is 40.5 Å². The molecule has 0 saturated carbocycles. The first-order valence-corrected chi connectivity index (χ1v) is 5.86. The highest BCUT2D eigenvalue weighted by molar-refractivity contribution is 6.31. The molecule has 18 heavy (non-hydrogen) atoms. The van der Waals surface area contributed by atoms with Crippen molar-refractivity contribution < 1.29 is 14.4 Å². The Bertz CT molecular complexity index is 590. The molecule has 1 heterocycles. The summed E-state index contributed by atoms with van der Waals surface area (Å²) < 4.78 is 4.98. The quantitative estimate of drug-likeness (QED) is 0.916. The normalized spacial score (nSPS) is 10.9. The molecule has 0 atom stereocenters. The van der Waals surface area contributed by atoms with E-state index in [9.17, 15) is 4.79 Å². The van der Waals surface area contributed by atoms with E-state index in [-0.39, 0.29) is 5.69 Å². The molecule has 94 valence electrons. The van der Waals surface area contributed by atoms with Crippen LogP contribution in [-0.2, 0) is 0 Å². The molecule has 1 aromatic heterocycles. The predicted molar refractivity (Wildman–Crippen MR) is 68.0 cm³/mol. The van der Waals surface area contributed by atoms with Gasteiger partial charge in [-0.1, -0.05) is 42.7 Å². The average molecular weight is 266 g/mol. The lowest BCUT2D eigenvalue weighted by Crippen LogP contribution is -1.94. The number of aromatic nitrogens is 1. The first kappa shape index (κ1) is 12.6. The zero-order valence-corrected chi connectivity index (χ0v) is 10.7. The van der Waals surface area contributed by atoms with Gasteiger partial charge in [0.05, 0.1) is 0 Å². The van der Waals surface area contributed by atoms with Gasteiger partial charge in [0.25, 0.3) is 0 Å². The molecule has 0 unspecified atom stereocenters. The first-order chi connectivity index (χ1) is 8.49. The van der Waals surface area contributed by atoms with E-state index in [4.69, 9.17) is 21.2 Å². The van der Waals surface area contributed by atoms with Gasteiger partial charge in [-0.05, 0) is 17.5 Å². The van der Waals surface area contributed by atoms with E-state index in [1.807, 2.05) is 12.1 Å². The third-order valence-electron chi connectivity index (χ3n) is 2.64. The number of aromatic carboxylic acids is 1. The fourth-order valence-electron chi connectivity index (χ4n) is 1.66. The molecule has 0 aliphatic rings. The van der Waals surface area contributed by atoms with Gasteiger partial charge in [-0.15, -0.1) is 0 Å². The van der Waals surface area contributed by atoms with Crippen LogP contribution in [0.5, 0.6) is 0 Å². The Morgan fingerprint density at radius 3 is 2.61 bits per heavy atom. The van der Waals surface area contributed by atoms with E-state index in [2.05, 4.69) is 19.0 Å². The fraction of sp³-hybridized carbons (Fsp3) is 0.231. The minimum atomic E-state index is -1.12. The van der Waals surface area contributed by atoms with Gasteiger partial charge in [-0.2, -0.15) is 0 Å². The molecule has 0 aliphatic carbocycles. The highest BCUT2D eigenvalue weighted by Crippen LogP contribution is 2.29. The second-order valence-corrected chi connectivity index (χ2v) is 4.68. The first-order valence-electron chi connectivity index (χ1n) is 5.49. The number of hydrogen-bond donors (Lipinski definition) is 1. The summed E-state index contributed by atoms with van der Waals surface area (Å²) in [5.74, 6) is -0.393. The molecular formula is C13H12ClNO3. The molecule has 2 aromatic rings. The van der Waals surface area contributed by atoms with E-state index >= 15 is 0 Å². The maximum Gasteiger partial charge on any atom is 0.358 e. The standard InChI is InChI=1S/C13H12ClNO3/c1-7(2)9-4-3-8(5-10(9)14)12-6-11(13(16)17)15-18-12/h3-7H,1-2H3,(H,16,17). The number of carboxylic acid groups (broad SMARTS) is 1. The van der Waals surface area contributed by atoms with Crippen molar-refractivity contribution in [1.82, 2.24) is 5.16 Å². The highest BCUT2D eigenvalue weighted by Gasteiger charge is 2.13. The SMILES string of the molecule is CC(C)c1ccc(-c2cc(C(=O)O)no2)cc1Cl. The largest absolute Gasteiger partial charge is 0.476 e. The van der Waals surface area contributed by atoms with E-state index in [1.165, 1.54) is 6.07 Å². The molecule has 0 spiro atoms. The number of halogens is 1. The number of nitrogens with zero attached hydrogens (tertiary/aromatic N) is 1. The Morgan fingerprint density at radius 2 is 2.11 bits per heavy atom. The Hall–Kier alpha value is -1.81. The molecule has 0 radical (unpaired) electrons. The minimum absolute atomic E-state index is 0.117. The van der Waals surface area contributed by atoms with Gasteiger partial charge >= 0.3 is 5.97 Å². The zero-order valence-electron chi connectivity index (χ0n) is 9.98. The molecule has 0 bridgehead atoms. The summed E-state index contributed by atoms with van der Waals surface area (Å²) >= 11 is 6.17. The van der Waals surface area contributed by atoms with Crippen molar-refractivity contribution in [2.45, 2.75) is 19.8 Å². The number of rotatable bonds is 3. The molecule has 0 saturated heterocycles. The van der Waals surface area contributed by atoms with Crippen molar-refractivity contribution in [3.63, 3.8) is 0 Å². The summed E-state index contributed by atoms with van der Waals surface area (Å²) in [7, 11) is 0. The monoisotopic (exact) mass is 265 g/mol.